The van der Waals surface area contributed by atoms with Crippen molar-refractivity contribution < 1.29 is 8.42 Å². The van der Waals surface area contributed by atoms with Gasteiger partial charge in [-0.3, -0.25) is 5.10 Å². The van der Waals surface area contributed by atoms with Crippen molar-refractivity contribution in [2.75, 3.05) is 5.75 Å². The Hall–Kier alpha value is -0.880. The van der Waals surface area contributed by atoms with Crippen molar-refractivity contribution in [2.45, 2.75) is 37.5 Å². The van der Waals surface area contributed by atoms with E-state index in [2.05, 4.69) is 10.2 Å². The fourth-order valence-electron chi connectivity index (χ4n) is 2.10. The van der Waals surface area contributed by atoms with Gasteiger partial charge in [-0.15, -0.1) is 0 Å². The van der Waals surface area contributed by atoms with Crippen LogP contribution in [0.15, 0.2) is 6.07 Å². The third kappa shape index (κ3) is 2.44. The number of aromatic nitrogens is 2. The van der Waals surface area contributed by atoms with Crippen molar-refractivity contribution in [3.05, 3.63) is 17.5 Å². The number of hydrogen-bond acceptors (Lipinski definition) is 4. The molecule has 1 aromatic heterocycles. The number of nitrogens with zero attached hydrogens (tertiary/aromatic N) is 1. The van der Waals surface area contributed by atoms with Gasteiger partial charge in [-0.25, -0.2) is 8.42 Å². The molecule has 5 nitrogen and oxygen atoms in total. The summed E-state index contributed by atoms with van der Waals surface area (Å²) < 4.78 is 23.6. The largest absolute Gasteiger partial charge is 0.325 e. The molecular weight excluding hydrogens is 226 g/mol. The van der Waals surface area contributed by atoms with E-state index in [0.717, 1.165) is 30.7 Å². The lowest BCUT2D eigenvalue weighted by atomic mass is 10.1. The van der Waals surface area contributed by atoms with Crippen LogP contribution in [0.4, 0.5) is 0 Å². The normalized spacial score (nSPS) is 24.4. The molecule has 1 unspecified atom stereocenters. The van der Waals surface area contributed by atoms with E-state index >= 15 is 0 Å². The molecule has 16 heavy (non-hydrogen) atoms. The molecule has 90 valence electrons. The molecular formula is C10H17N3O2S. The summed E-state index contributed by atoms with van der Waals surface area (Å²) in [6, 6.07) is 1.85. The van der Waals surface area contributed by atoms with Crippen molar-refractivity contribution in [3.8, 4) is 0 Å². The Morgan fingerprint density at radius 3 is 2.94 bits per heavy atom. The number of H-pyrrole nitrogens is 1. The maximum absolute atomic E-state index is 11.8. The Bertz CT molecular complexity index is 452. The Morgan fingerprint density at radius 2 is 2.31 bits per heavy atom. The van der Waals surface area contributed by atoms with Crippen LogP contribution in [-0.4, -0.2) is 29.6 Å². The minimum atomic E-state index is -2.90. The fraction of sp³-hybridized carbons (Fsp3) is 0.700. The van der Waals surface area contributed by atoms with Gasteiger partial charge in [-0.1, -0.05) is 6.42 Å². The number of nitrogens with two attached hydrogens (primary N) is 1. The molecule has 3 N–H and O–H groups in total. The maximum atomic E-state index is 11.8. The molecule has 2 heterocycles. The number of nitrogens with one attached hydrogen (secondary N) is 1. The molecule has 0 radical (unpaired) electrons. The van der Waals surface area contributed by atoms with Gasteiger partial charge >= 0.3 is 0 Å². The minimum absolute atomic E-state index is 0.254. The second-order valence-electron chi connectivity index (χ2n) is 4.28. The van der Waals surface area contributed by atoms with Crippen LogP contribution in [0.25, 0.3) is 0 Å². The van der Waals surface area contributed by atoms with E-state index in [1.807, 2.05) is 6.07 Å². The van der Waals surface area contributed by atoms with Crippen molar-refractivity contribution >= 4 is 9.84 Å². The van der Waals surface area contributed by atoms with Gasteiger partial charge in [0.2, 0.25) is 0 Å². The van der Waals surface area contributed by atoms with Crippen LogP contribution in [0.5, 0.6) is 0 Å². The molecule has 0 amide bonds. The van der Waals surface area contributed by atoms with Crippen molar-refractivity contribution in [1.29, 1.82) is 0 Å². The van der Waals surface area contributed by atoms with Gasteiger partial charge in [-0.2, -0.15) is 5.10 Å². The summed E-state index contributed by atoms with van der Waals surface area (Å²) in [6.45, 7) is 0.407. The van der Waals surface area contributed by atoms with Crippen molar-refractivity contribution in [2.24, 2.45) is 5.73 Å². The molecule has 1 atom stereocenters. The lowest BCUT2D eigenvalue weighted by Gasteiger charge is -2.21. The molecule has 1 aromatic rings. The molecule has 0 bridgehead atoms. The summed E-state index contributed by atoms with van der Waals surface area (Å²) in [7, 11) is -2.90. The zero-order valence-electron chi connectivity index (χ0n) is 9.15. The molecule has 0 aromatic carbocycles. The van der Waals surface area contributed by atoms with Gasteiger partial charge in [0.15, 0.2) is 9.84 Å². The van der Waals surface area contributed by atoms with Crippen LogP contribution in [0.3, 0.4) is 0 Å². The van der Waals surface area contributed by atoms with Crippen LogP contribution in [0, 0.1) is 0 Å². The zero-order chi connectivity index (χ0) is 11.6. The topological polar surface area (TPSA) is 88.8 Å². The van der Waals surface area contributed by atoms with E-state index in [1.165, 1.54) is 0 Å². The van der Waals surface area contributed by atoms with Gasteiger partial charge in [0, 0.05) is 18.7 Å². The van der Waals surface area contributed by atoms with Crippen LogP contribution < -0.4 is 5.73 Å². The first-order chi connectivity index (χ1) is 7.62. The number of sulfone groups is 1. The molecule has 0 spiro atoms. The van der Waals surface area contributed by atoms with Gasteiger partial charge in [0.05, 0.1) is 16.7 Å². The third-order valence-corrected chi connectivity index (χ3v) is 5.33. The van der Waals surface area contributed by atoms with E-state index in [9.17, 15) is 8.42 Å². The first-order valence-electron chi connectivity index (χ1n) is 5.56. The Balaban J connectivity index is 2.08. The first kappa shape index (κ1) is 11.6. The molecule has 1 aliphatic rings. The highest BCUT2D eigenvalue weighted by atomic mass is 32.2. The van der Waals surface area contributed by atoms with E-state index in [0.29, 0.717) is 18.7 Å². The number of aromatic amines is 1. The first-order valence-corrected chi connectivity index (χ1v) is 7.28. The fourth-order valence-corrected chi connectivity index (χ4v) is 3.99. The van der Waals surface area contributed by atoms with E-state index in [-0.39, 0.29) is 5.25 Å². The highest BCUT2D eigenvalue weighted by Crippen LogP contribution is 2.22. The third-order valence-electron chi connectivity index (χ3n) is 3.05. The quantitative estimate of drug-likeness (QED) is 0.803. The number of hydrogen-bond donors (Lipinski definition) is 2. The zero-order valence-corrected chi connectivity index (χ0v) is 9.96. The molecule has 1 aliphatic heterocycles. The molecule has 1 fully saturated rings. The van der Waals surface area contributed by atoms with Crippen LogP contribution in [0.2, 0.25) is 0 Å². The lowest BCUT2D eigenvalue weighted by Crippen LogP contribution is -2.30. The lowest BCUT2D eigenvalue weighted by molar-refractivity contribution is 0.536. The van der Waals surface area contributed by atoms with E-state index in [1.54, 1.807) is 0 Å². The maximum Gasteiger partial charge on any atom is 0.153 e. The predicted molar refractivity (Wildman–Crippen MR) is 61.6 cm³/mol. The predicted octanol–water partition coefficient (Wildman–Crippen LogP) is 0.378. The molecule has 2 rings (SSSR count). The highest BCUT2D eigenvalue weighted by molar-refractivity contribution is 7.92. The Labute approximate surface area is 95.3 Å². The standard InChI is InChI=1S/C10H17N3O2S/c11-7-9-5-8(12-13-9)6-10-3-1-2-4-16(10,14)15/h5,10H,1-4,6-7,11H2,(H,12,13). The highest BCUT2D eigenvalue weighted by Gasteiger charge is 2.29. The summed E-state index contributed by atoms with van der Waals surface area (Å²) in [5.41, 5.74) is 7.11. The van der Waals surface area contributed by atoms with Crippen molar-refractivity contribution in [3.63, 3.8) is 0 Å². The monoisotopic (exact) mass is 243 g/mol. The Morgan fingerprint density at radius 1 is 1.50 bits per heavy atom. The average Bonchev–Trinajstić information content (AvgIpc) is 2.69. The van der Waals surface area contributed by atoms with Gasteiger partial charge in [0.1, 0.15) is 0 Å². The second kappa shape index (κ2) is 4.55. The van der Waals surface area contributed by atoms with E-state index in [4.69, 9.17) is 5.73 Å². The summed E-state index contributed by atoms with van der Waals surface area (Å²) in [5.74, 6) is 0.325. The molecule has 0 saturated carbocycles. The average molecular weight is 243 g/mol. The second-order valence-corrected chi connectivity index (χ2v) is 6.68. The van der Waals surface area contributed by atoms with E-state index < -0.39 is 9.84 Å². The van der Waals surface area contributed by atoms with Gasteiger partial charge < -0.3 is 5.73 Å². The van der Waals surface area contributed by atoms with Gasteiger partial charge in [-0.05, 0) is 18.9 Å². The van der Waals surface area contributed by atoms with Gasteiger partial charge in [0.25, 0.3) is 0 Å². The molecule has 1 saturated heterocycles. The number of rotatable bonds is 3. The van der Waals surface area contributed by atoms with Crippen LogP contribution in [0.1, 0.15) is 30.7 Å². The summed E-state index contributed by atoms with van der Waals surface area (Å²) >= 11 is 0. The summed E-state index contributed by atoms with van der Waals surface area (Å²) in [5, 5.41) is 6.63. The SMILES string of the molecule is NCc1cc(CC2CCCCS2(=O)=O)n[nH]1. The smallest absolute Gasteiger partial charge is 0.153 e. The molecule has 0 aliphatic carbocycles. The Kier molecular flexibility index (Phi) is 3.30. The summed E-state index contributed by atoms with van der Waals surface area (Å²) in [6.07, 6.45) is 3.07. The van der Waals surface area contributed by atoms with Crippen LogP contribution in [-0.2, 0) is 22.8 Å². The van der Waals surface area contributed by atoms with Crippen LogP contribution >= 0.6 is 0 Å². The van der Waals surface area contributed by atoms with Crippen molar-refractivity contribution in [1.82, 2.24) is 10.2 Å². The minimum Gasteiger partial charge on any atom is -0.325 e. The summed E-state index contributed by atoms with van der Waals surface area (Å²) in [4.78, 5) is 0. The molecule has 6 heteroatoms.